The number of fused-ring (bicyclic) bond motifs is 1. The highest BCUT2D eigenvalue weighted by atomic mass is 15.0. The van der Waals surface area contributed by atoms with Crippen LogP contribution >= 0.6 is 0 Å². The Morgan fingerprint density at radius 3 is 2.95 bits per heavy atom. The minimum absolute atomic E-state index is 0.0289. The number of hydrogen-bond acceptors (Lipinski definition) is 3. The van der Waals surface area contributed by atoms with Crippen molar-refractivity contribution in [2.45, 2.75) is 25.7 Å². The van der Waals surface area contributed by atoms with Crippen molar-refractivity contribution in [2.24, 2.45) is 7.05 Å². The van der Waals surface area contributed by atoms with E-state index in [4.69, 9.17) is 5.26 Å². The van der Waals surface area contributed by atoms with Crippen LogP contribution in [0.2, 0.25) is 0 Å². The lowest BCUT2D eigenvalue weighted by Crippen LogP contribution is -2.33. The zero-order valence-electron chi connectivity index (χ0n) is 11.8. The fraction of sp³-hybridized carbons (Fsp3) is 0.467. The lowest BCUT2D eigenvalue weighted by molar-refractivity contribution is 0.473. The minimum atomic E-state index is 0.0289. The average Bonchev–Trinajstić information content (AvgIpc) is 2.76. The van der Waals surface area contributed by atoms with E-state index in [0.717, 1.165) is 24.1 Å². The van der Waals surface area contributed by atoms with Crippen molar-refractivity contribution in [3.63, 3.8) is 0 Å². The monoisotopic (exact) mass is 256 g/mol. The molecule has 1 N–H and O–H groups in total. The summed E-state index contributed by atoms with van der Waals surface area (Å²) in [5, 5.41) is 11.9. The van der Waals surface area contributed by atoms with Crippen LogP contribution in [0.25, 0.3) is 11.0 Å². The summed E-state index contributed by atoms with van der Waals surface area (Å²) in [4.78, 5) is 4.40. The first-order valence-corrected chi connectivity index (χ1v) is 6.54. The number of aryl methyl sites for hydroxylation is 1. The first-order valence-electron chi connectivity index (χ1n) is 6.54. The molecule has 0 fully saturated rings. The Kier molecular flexibility index (Phi) is 3.87. The van der Waals surface area contributed by atoms with Crippen LogP contribution in [-0.2, 0) is 12.5 Å². The van der Waals surface area contributed by atoms with Crippen LogP contribution in [0, 0.1) is 11.3 Å². The van der Waals surface area contributed by atoms with E-state index in [9.17, 15) is 0 Å². The largest absolute Gasteiger partial charge is 0.334 e. The van der Waals surface area contributed by atoms with Crippen molar-refractivity contribution in [2.75, 3.05) is 13.1 Å². The predicted molar refractivity (Wildman–Crippen MR) is 76.8 cm³/mol. The van der Waals surface area contributed by atoms with Gasteiger partial charge in [0, 0.05) is 32.0 Å². The number of nitrogens with one attached hydrogen (secondary N) is 1. The molecule has 4 heteroatoms. The molecule has 0 unspecified atom stereocenters. The maximum Gasteiger partial charge on any atom is 0.0955 e. The summed E-state index contributed by atoms with van der Waals surface area (Å²) >= 11 is 0. The number of rotatable bonds is 5. The number of nitrogens with zero attached hydrogens (tertiary/aromatic N) is 3. The smallest absolute Gasteiger partial charge is 0.0955 e. The molecule has 4 nitrogen and oxygen atoms in total. The lowest BCUT2D eigenvalue weighted by Gasteiger charge is -2.25. The first-order chi connectivity index (χ1) is 9.04. The number of imidazole rings is 1. The molecule has 0 aliphatic heterocycles. The minimum Gasteiger partial charge on any atom is -0.334 e. The fourth-order valence-electron chi connectivity index (χ4n) is 2.20. The molecule has 0 amide bonds. The van der Waals surface area contributed by atoms with Gasteiger partial charge in [-0.2, -0.15) is 5.26 Å². The summed E-state index contributed by atoms with van der Waals surface area (Å²) in [5.74, 6) is 0. The summed E-state index contributed by atoms with van der Waals surface area (Å²) < 4.78 is 2.03. The third-order valence-electron chi connectivity index (χ3n) is 3.49. The van der Waals surface area contributed by atoms with Crippen LogP contribution in [0.3, 0.4) is 0 Å². The van der Waals surface area contributed by atoms with E-state index in [0.29, 0.717) is 6.42 Å². The van der Waals surface area contributed by atoms with Crippen molar-refractivity contribution >= 4 is 11.0 Å². The van der Waals surface area contributed by atoms with Gasteiger partial charge in [0.15, 0.2) is 0 Å². The van der Waals surface area contributed by atoms with Gasteiger partial charge in [-0.1, -0.05) is 19.9 Å². The highest BCUT2D eigenvalue weighted by Crippen LogP contribution is 2.25. The van der Waals surface area contributed by atoms with Gasteiger partial charge in [-0.15, -0.1) is 0 Å². The Bertz CT molecular complexity index is 604. The third-order valence-corrected chi connectivity index (χ3v) is 3.49. The normalized spacial score (nSPS) is 11.7. The summed E-state index contributed by atoms with van der Waals surface area (Å²) in [5.41, 5.74) is 3.48. The Morgan fingerprint density at radius 2 is 2.21 bits per heavy atom. The molecule has 0 saturated heterocycles. The second-order valence-corrected chi connectivity index (χ2v) is 5.53. The SMILES string of the molecule is Cn1cnc2cc(C(C)(C)CNCCC#N)ccc21. The zero-order valence-corrected chi connectivity index (χ0v) is 11.8. The van der Waals surface area contributed by atoms with E-state index >= 15 is 0 Å². The van der Waals surface area contributed by atoms with Crippen molar-refractivity contribution in [3.05, 3.63) is 30.1 Å². The van der Waals surface area contributed by atoms with Crippen molar-refractivity contribution < 1.29 is 0 Å². The average molecular weight is 256 g/mol. The van der Waals surface area contributed by atoms with Crippen LogP contribution in [0.5, 0.6) is 0 Å². The van der Waals surface area contributed by atoms with Crippen molar-refractivity contribution in [3.8, 4) is 6.07 Å². The highest BCUT2D eigenvalue weighted by Gasteiger charge is 2.20. The number of nitriles is 1. The Hall–Kier alpha value is -1.86. The van der Waals surface area contributed by atoms with Crippen LogP contribution in [0.1, 0.15) is 25.8 Å². The van der Waals surface area contributed by atoms with E-state index in [1.54, 1.807) is 0 Å². The topological polar surface area (TPSA) is 53.6 Å². The predicted octanol–water partition coefficient (Wildman–Crippen LogP) is 2.35. The second-order valence-electron chi connectivity index (χ2n) is 5.53. The molecular formula is C15H20N4. The van der Waals surface area contributed by atoms with Gasteiger partial charge in [0.05, 0.1) is 23.4 Å². The van der Waals surface area contributed by atoms with Gasteiger partial charge in [-0.3, -0.25) is 0 Å². The molecule has 19 heavy (non-hydrogen) atoms. The standard InChI is InChI=1S/C15H20N4/c1-15(2,10-17-8-4-7-16)12-5-6-14-13(9-12)18-11-19(14)3/h5-6,9,11,17H,4,8,10H2,1-3H3. The zero-order chi connectivity index (χ0) is 13.9. The van der Waals surface area contributed by atoms with Crippen LogP contribution in [0.15, 0.2) is 24.5 Å². The van der Waals surface area contributed by atoms with E-state index in [1.165, 1.54) is 5.56 Å². The van der Waals surface area contributed by atoms with Gasteiger partial charge in [-0.05, 0) is 17.7 Å². The molecule has 1 aromatic carbocycles. The molecule has 2 rings (SSSR count). The molecule has 0 saturated carbocycles. The molecule has 0 bridgehead atoms. The van der Waals surface area contributed by atoms with Gasteiger partial charge in [0.1, 0.15) is 0 Å². The summed E-state index contributed by atoms with van der Waals surface area (Å²) in [6.07, 6.45) is 2.39. The maximum absolute atomic E-state index is 8.53. The van der Waals surface area contributed by atoms with Gasteiger partial charge in [0.25, 0.3) is 0 Å². The van der Waals surface area contributed by atoms with Crippen molar-refractivity contribution in [1.82, 2.24) is 14.9 Å². The molecule has 100 valence electrons. The highest BCUT2D eigenvalue weighted by molar-refractivity contribution is 5.76. The fourth-order valence-corrected chi connectivity index (χ4v) is 2.20. The Labute approximate surface area is 114 Å². The van der Waals surface area contributed by atoms with Crippen LogP contribution < -0.4 is 5.32 Å². The van der Waals surface area contributed by atoms with Crippen molar-refractivity contribution in [1.29, 1.82) is 5.26 Å². The first kappa shape index (κ1) is 13.6. The summed E-state index contributed by atoms with van der Waals surface area (Å²) in [6, 6.07) is 8.58. The summed E-state index contributed by atoms with van der Waals surface area (Å²) in [7, 11) is 2.00. The molecule has 0 atom stereocenters. The molecule has 0 radical (unpaired) electrons. The number of hydrogen-bond donors (Lipinski definition) is 1. The molecule has 1 heterocycles. The lowest BCUT2D eigenvalue weighted by atomic mass is 9.84. The molecule has 2 aromatic rings. The van der Waals surface area contributed by atoms with Gasteiger partial charge in [0.2, 0.25) is 0 Å². The quantitative estimate of drug-likeness (QED) is 0.835. The van der Waals surface area contributed by atoms with E-state index in [2.05, 4.69) is 48.4 Å². The van der Waals surface area contributed by atoms with E-state index in [-0.39, 0.29) is 5.41 Å². The molecule has 0 aliphatic rings. The maximum atomic E-state index is 8.53. The van der Waals surface area contributed by atoms with Crippen LogP contribution in [-0.4, -0.2) is 22.6 Å². The summed E-state index contributed by atoms with van der Waals surface area (Å²) in [6.45, 7) is 6.01. The second kappa shape index (κ2) is 5.41. The van der Waals surface area contributed by atoms with Gasteiger partial charge in [-0.25, -0.2) is 4.98 Å². The van der Waals surface area contributed by atoms with Crippen LogP contribution in [0.4, 0.5) is 0 Å². The third kappa shape index (κ3) is 2.94. The van der Waals surface area contributed by atoms with Gasteiger partial charge >= 0.3 is 0 Å². The molecule has 0 aliphatic carbocycles. The number of aromatic nitrogens is 2. The van der Waals surface area contributed by atoms with Gasteiger partial charge < -0.3 is 9.88 Å². The Balaban J connectivity index is 2.15. The molecule has 0 spiro atoms. The van der Waals surface area contributed by atoms with E-state index < -0.39 is 0 Å². The molecular weight excluding hydrogens is 236 g/mol. The number of benzene rings is 1. The Morgan fingerprint density at radius 1 is 1.42 bits per heavy atom. The molecule has 1 aromatic heterocycles. The van der Waals surface area contributed by atoms with E-state index in [1.807, 2.05) is 17.9 Å².